The monoisotopic (exact) mass is 373 g/mol. The second-order valence-electron chi connectivity index (χ2n) is 5.90. The lowest BCUT2D eigenvalue weighted by atomic mass is 10.2. The predicted molar refractivity (Wildman–Crippen MR) is 98.7 cm³/mol. The number of carbonyl (C=O) groups is 2. The molecule has 136 valence electrons. The smallest absolute Gasteiger partial charge is 0.261 e. The van der Waals surface area contributed by atoms with Gasteiger partial charge < -0.3 is 10.2 Å². The molecule has 1 aliphatic rings. The summed E-state index contributed by atoms with van der Waals surface area (Å²) in [4.78, 5) is 25.0. The van der Waals surface area contributed by atoms with Crippen LogP contribution in [0.5, 0.6) is 0 Å². The number of amides is 2. The van der Waals surface area contributed by atoms with Gasteiger partial charge in [0.2, 0.25) is 5.91 Å². The second-order valence-corrected chi connectivity index (χ2v) is 7.59. The first-order chi connectivity index (χ1) is 12.4. The largest absolute Gasteiger partial charge is 0.355 e. The van der Waals surface area contributed by atoms with E-state index in [1.807, 2.05) is 0 Å². The fourth-order valence-electron chi connectivity index (χ4n) is 2.77. The Kier molecular flexibility index (Phi) is 4.94. The fourth-order valence-corrected chi connectivity index (χ4v) is 3.83. The number of carbonyl (C=O) groups excluding carboxylic acids is 2. The van der Waals surface area contributed by atoms with Crippen LogP contribution in [0.25, 0.3) is 0 Å². The summed E-state index contributed by atoms with van der Waals surface area (Å²) >= 11 is 0. The van der Waals surface area contributed by atoms with E-state index in [1.165, 1.54) is 31.3 Å². The number of benzene rings is 2. The van der Waals surface area contributed by atoms with Crippen molar-refractivity contribution in [2.75, 3.05) is 23.2 Å². The van der Waals surface area contributed by atoms with E-state index in [9.17, 15) is 18.0 Å². The molecule has 1 aliphatic heterocycles. The van der Waals surface area contributed by atoms with E-state index >= 15 is 0 Å². The predicted octanol–water partition coefficient (Wildman–Crippen LogP) is 1.97. The zero-order valence-corrected chi connectivity index (χ0v) is 15.0. The van der Waals surface area contributed by atoms with Crippen molar-refractivity contribution < 1.29 is 18.0 Å². The van der Waals surface area contributed by atoms with Crippen LogP contribution in [0.15, 0.2) is 53.4 Å². The van der Waals surface area contributed by atoms with E-state index in [1.54, 1.807) is 29.2 Å². The van der Waals surface area contributed by atoms with Gasteiger partial charge in [-0.3, -0.25) is 14.3 Å². The SMILES string of the molecule is CNC(=O)c1ccc(NS(=O)(=O)c2ccc(N3CCCC3=O)cc2)cc1. The summed E-state index contributed by atoms with van der Waals surface area (Å²) in [5.74, 6) is -0.193. The van der Waals surface area contributed by atoms with E-state index in [-0.39, 0.29) is 16.7 Å². The lowest BCUT2D eigenvalue weighted by molar-refractivity contribution is -0.117. The highest BCUT2D eigenvalue weighted by molar-refractivity contribution is 7.92. The highest BCUT2D eigenvalue weighted by Crippen LogP contribution is 2.24. The molecule has 2 aromatic carbocycles. The van der Waals surface area contributed by atoms with Crippen molar-refractivity contribution in [1.82, 2.24) is 5.32 Å². The maximum Gasteiger partial charge on any atom is 0.261 e. The molecule has 1 heterocycles. The van der Waals surface area contributed by atoms with E-state index in [2.05, 4.69) is 10.0 Å². The lowest BCUT2D eigenvalue weighted by Gasteiger charge is -2.16. The van der Waals surface area contributed by atoms with Crippen molar-refractivity contribution >= 4 is 33.2 Å². The molecule has 1 saturated heterocycles. The molecule has 0 bridgehead atoms. The van der Waals surface area contributed by atoms with Crippen molar-refractivity contribution in [2.24, 2.45) is 0 Å². The van der Waals surface area contributed by atoms with Crippen LogP contribution in [0.1, 0.15) is 23.2 Å². The number of anilines is 2. The third-order valence-electron chi connectivity index (χ3n) is 4.16. The minimum Gasteiger partial charge on any atom is -0.355 e. The molecule has 2 amide bonds. The van der Waals surface area contributed by atoms with Crippen molar-refractivity contribution in [3.63, 3.8) is 0 Å². The van der Waals surface area contributed by atoms with Crippen molar-refractivity contribution in [2.45, 2.75) is 17.7 Å². The van der Waals surface area contributed by atoms with Crippen LogP contribution in [0.4, 0.5) is 11.4 Å². The molecule has 0 aromatic heterocycles. The Morgan fingerprint density at radius 3 is 2.23 bits per heavy atom. The van der Waals surface area contributed by atoms with E-state index < -0.39 is 10.0 Å². The Morgan fingerprint density at radius 2 is 1.69 bits per heavy atom. The summed E-state index contributed by atoms with van der Waals surface area (Å²) in [7, 11) is -2.23. The van der Waals surface area contributed by atoms with Gasteiger partial charge >= 0.3 is 0 Å². The molecule has 2 N–H and O–H groups in total. The number of nitrogens with one attached hydrogen (secondary N) is 2. The standard InChI is InChI=1S/C18H19N3O4S/c1-19-18(23)13-4-6-14(7-5-13)20-26(24,25)16-10-8-15(9-11-16)21-12-2-3-17(21)22/h4-11,20H,2-3,12H2,1H3,(H,19,23). The average Bonchev–Trinajstić information content (AvgIpc) is 3.07. The Hall–Kier alpha value is -2.87. The van der Waals surface area contributed by atoms with Gasteiger partial charge in [-0.05, 0) is 55.0 Å². The Labute approximate surface area is 152 Å². The molecular formula is C18H19N3O4S. The van der Waals surface area contributed by atoms with Gasteiger partial charge in [-0.2, -0.15) is 0 Å². The van der Waals surface area contributed by atoms with Gasteiger partial charge in [0.25, 0.3) is 15.9 Å². The van der Waals surface area contributed by atoms with Gasteiger partial charge in [0.15, 0.2) is 0 Å². The van der Waals surface area contributed by atoms with Gasteiger partial charge in [-0.25, -0.2) is 8.42 Å². The number of sulfonamides is 1. The van der Waals surface area contributed by atoms with Crippen molar-refractivity contribution in [1.29, 1.82) is 0 Å². The summed E-state index contributed by atoms with van der Waals surface area (Å²) in [6.45, 7) is 0.654. The van der Waals surface area contributed by atoms with Crippen LogP contribution in [0.3, 0.4) is 0 Å². The molecule has 0 unspecified atom stereocenters. The van der Waals surface area contributed by atoms with E-state index in [0.29, 0.717) is 29.9 Å². The zero-order valence-electron chi connectivity index (χ0n) is 14.2. The number of hydrogen-bond donors (Lipinski definition) is 2. The van der Waals surface area contributed by atoms with Crippen LogP contribution >= 0.6 is 0 Å². The minimum atomic E-state index is -3.76. The van der Waals surface area contributed by atoms with E-state index in [4.69, 9.17) is 0 Å². The highest BCUT2D eigenvalue weighted by Gasteiger charge is 2.22. The number of rotatable bonds is 5. The summed E-state index contributed by atoms with van der Waals surface area (Å²) in [5, 5.41) is 2.50. The summed E-state index contributed by atoms with van der Waals surface area (Å²) in [6, 6.07) is 12.3. The summed E-state index contributed by atoms with van der Waals surface area (Å²) in [6.07, 6.45) is 1.33. The molecule has 0 spiro atoms. The molecular weight excluding hydrogens is 354 g/mol. The average molecular weight is 373 g/mol. The molecule has 3 rings (SSSR count). The summed E-state index contributed by atoms with van der Waals surface area (Å²) < 4.78 is 27.5. The Bertz CT molecular complexity index is 922. The van der Waals surface area contributed by atoms with Gasteiger partial charge in [0.1, 0.15) is 0 Å². The second kappa shape index (κ2) is 7.17. The molecule has 0 saturated carbocycles. The number of hydrogen-bond acceptors (Lipinski definition) is 4. The maximum absolute atomic E-state index is 12.5. The Morgan fingerprint density at radius 1 is 1.04 bits per heavy atom. The first kappa shape index (κ1) is 17.9. The molecule has 1 fully saturated rings. The fraction of sp³-hybridized carbons (Fsp3) is 0.222. The maximum atomic E-state index is 12.5. The van der Waals surface area contributed by atoms with Crippen LogP contribution < -0.4 is 14.9 Å². The normalized spacial score (nSPS) is 14.3. The topological polar surface area (TPSA) is 95.6 Å². The van der Waals surface area contributed by atoms with Crippen molar-refractivity contribution in [3.05, 3.63) is 54.1 Å². The van der Waals surface area contributed by atoms with Crippen LogP contribution in [0, 0.1) is 0 Å². The highest BCUT2D eigenvalue weighted by atomic mass is 32.2. The van der Waals surface area contributed by atoms with Gasteiger partial charge in [-0.15, -0.1) is 0 Å². The minimum absolute atomic E-state index is 0.0509. The Balaban J connectivity index is 1.75. The summed E-state index contributed by atoms with van der Waals surface area (Å²) in [5.41, 5.74) is 1.49. The zero-order chi connectivity index (χ0) is 18.7. The van der Waals surface area contributed by atoms with E-state index in [0.717, 1.165) is 6.42 Å². The first-order valence-corrected chi connectivity index (χ1v) is 9.64. The third kappa shape index (κ3) is 3.70. The van der Waals surface area contributed by atoms with Crippen LogP contribution in [0.2, 0.25) is 0 Å². The molecule has 8 heteroatoms. The molecule has 0 radical (unpaired) electrons. The first-order valence-electron chi connectivity index (χ1n) is 8.16. The van der Waals surface area contributed by atoms with Crippen LogP contribution in [-0.4, -0.2) is 33.8 Å². The third-order valence-corrected chi connectivity index (χ3v) is 5.56. The van der Waals surface area contributed by atoms with Gasteiger partial charge in [-0.1, -0.05) is 0 Å². The molecule has 2 aromatic rings. The van der Waals surface area contributed by atoms with Crippen LogP contribution in [-0.2, 0) is 14.8 Å². The van der Waals surface area contributed by atoms with Crippen molar-refractivity contribution in [3.8, 4) is 0 Å². The molecule has 7 nitrogen and oxygen atoms in total. The number of nitrogens with zero attached hydrogens (tertiary/aromatic N) is 1. The van der Waals surface area contributed by atoms with Gasteiger partial charge in [0, 0.05) is 37.0 Å². The van der Waals surface area contributed by atoms with Gasteiger partial charge in [0.05, 0.1) is 4.90 Å². The quantitative estimate of drug-likeness (QED) is 0.838. The molecule has 0 aliphatic carbocycles. The molecule has 0 atom stereocenters. The molecule has 26 heavy (non-hydrogen) atoms. The lowest BCUT2D eigenvalue weighted by Crippen LogP contribution is -2.23.